The first kappa shape index (κ1) is 10.8. The number of benzene rings is 1. The Morgan fingerprint density at radius 3 is 2.62 bits per heavy atom. The largest absolute Gasteiger partial charge is 0.390 e. The molecule has 0 bridgehead atoms. The van der Waals surface area contributed by atoms with Gasteiger partial charge in [-0.1, -0.05) is 33.9 Å². The third-order valence-corrected chi connectivity index (χ3v) is 2.30. The van der Waals surface area contributed by atoms with Crippen LogP contribution < -0.4 is 11.1 Å². The van der Waals surface area contributed by atoms with Crippen LogP contribution in [-0.2, 0) is 6.42 Å². The van der Waals surface area contributed by atoms with Gasteiger partial charge < -0.3 is 15.5 Å². The van der Waals surface area contributed by atoms with Crippen LogP contribution in [0.5, 0.6) is 0 Å². The first-order chi connectivity index (χ1) is 7.74. The topological polar surface area (TPSA) is 77.0 Å². The predicted molar refractivity (Wildman–Crippen MR) is 62.4 cm³/mol. The molecule has 0 radical (unpaired) electrons. The molecule has 1 aromatic carbocycles. The number of anilines is 2. The van der Waals surface area contributed by atoms with Crippen LogP contribution in [0.25, 0.3) is 0 Å². The van der Waals surface area contributed by atoms with Gasteiger partial charge in [0.15, 0.2) is 0 Å². The maximum atomic E-state index is 5.78. The summed E-state index contributed by atoms with van der Waals surface area (Å²) in [6.45, 7) is 0.698. The van der Waals surface area contributed by atoms with Crippen LogP contribution in [0.2, 0.25) is 5.02 Å². The van der Waals surface area contributed by atoms with E-state index in [0.29, 0.717) is 12.6 Å². The fourth-order valence-electron chi connectivity index (χ4n) is 1.27. The average molecular weight is 239 g/mol. The molecule has 5 nitrogen and oxygen atoms in total. The molecule has 0 aliphatic carbocycles. The van der Waals surface area contributed by atoms with Gasteiger partial charge in [-0.2, -0.15) is 0 Å². The number of nitrogen functional groups attached to an aromatic ring is 1. The van der Waals surface area contributed by atoms with Crippen molar-refractivity contribution in [3.05, 3.63) is 34.9 Å². The van der Waals surface area contributed by atoms with E-state index in [-0.39, 0.29) is 6.01 Å². The molecular weight excluding hydrogens is 228 g/mol. The van der Waals surface area contributed by atoms with Gasteiger partial charge in [0.2, 0.25) is 0 Å². The predicted octanol–water partition coefficient (Wildman–Crippen LogP) is 1.96. The summed E-state index contributed by atoms with van der Waals surface area (Å²) in [5.74, 6) is 0. The van der Waals surface area contributed by atoms with Gasteiger partial charge >= 0.3 is 12.0 Å². The lowest BCUT2D eigenvalue weighted by atomic mass is 10.1. The van der Waals surface area contributed by atoms with Gasteiger partial charge in [-0.15, -0.1) is 0 Å². The number of rotatable bonds is 4. The van der Waals surface area contributed by atoms with Crippen LogP contribution >= 0.6 is 11.6 Å². The molecule has 0 aliphatic rings. The average Bonchev–Trinajstić information content (AvgIpc) is 2.67. The second kappa shape index (κ2) is 4.85. The maximum absolute atomic E-state index is 5.78. The molecule has 1 aromatic heterocycles. The lowest BCUT2D eigenvalue weighted by Crippen LogP contribution is -2.04. The summed E-state index contributed by atoms with van der Waals surface area (Å²) in [5.41, 5.74) is 6.47. The Labute approximate surface area is 97.6 Å². The van der Waals surface area contributed by atoms with Gasteiger partial charge in [-0.05, 0) is 24.1 Å². The molecule has 0 aliphatic heterocycles. The smallest absolute Gasteiger partial charge is 0.316 e. The Balaban J connectivity index is 1.82. The molecule has 0 unspecified atom stereocenters. The first-order valence-electron chi connectivity index (χ1n) is 4.81. The highest BCUT2D eigenvalue weighted by molar-refractivity contribution is 6.30. The molecule has 0 spiro atoms. The van der Waals surface area contributed by atoms with Crippen molar-refractivity contribution in [1.82, 2.24) is 10.2 Å². The molecule has 2 aromatic rings. The van der Waals surface area contributed by atoms with Crippen molar-refractivity contribution in [3.8, 4) is 0 Å². The maximum Gasteiger partial charge on any atom is 0.316 e. The summed E-state index contributed by atoms with van der Waals surface area (Å²) in [5, 5.41) is 10.9. The van der Waals surface area contributed by atoms with Crippen molar-refractivity contribution in [2.24, 2.45) is 0 Å². The zero-order chi connectivity index (χ0) is 11.4. The van der Waals surface area contributed by atoms with Crippen molar-refractivity contribution in [2.75, 3.05) is 17.6 Å². The second-order valence-corrected chi connectivity index (χ2v) is 3.69. The third-order valence-electron chi connectivity index (χ3n) is 2.04. The van der Waals surface area contributed by atoms with Crippen LogP contribution in [0.4, 0.5) is 12.0 Å². The lowest BCUT2D eigenvalue weighted by molar-refractivity contribution is 0.586. The molecular formula is C10H11ClN4O. The number of aromatic nitrogens is 2. The van der Waals surface area contributed by atoms with Gasteiger partial charge in [-0.3, -0.25) is 0 Å². The van der Waals surface area contributed by atoms with Crippen LogP contribution in [-0.4, -0.2) is 16.7 Å². The molecule has 84 valence electrons. The number of halogens is 1. The second-order valence-electron chi connectivity index (χ2n) is 3.25. The number of nitrogens with two attached hydrogens (primary N) is 1. The summed E-state index contributed by atoms with van der Waals surface area (Å²) in [6, 6.07) is 8.09. The molecule has 2 rings (SSSR count). The zero-order valence-corrected chi connectivity index (χ0v) is 9.24. The molecule has 6 heteroatoms. The van der Waals surface area contributed by atoms with Crippen LogP contribution in [0.1, 0.15) is 5.56 Å². The quantitative estimate of drug-likeness (QED) is 0.852. The van der Waals surface area contributed by atoms with E-state index in [1.54, 1.807) is 0 Å². The van der Waals surface area contributed by atoms with E-state index in [9.17, 15) is 0 Å². The zero-order valence-electron chi connectivity index (χ0n) is 8.48. The minimum Gasteiger partial charge on any atom is -0.390 e. The lowest BCUT2D eigenvalue weighted by Gasteiger charge is -2.01. The molecule has 16 heavy (non-hydrogen) atoms. The Bertz CT molecular complexity index is 454. The normalized spacial score (nSPS) is 10.3. The summed E-state index contributed by atoms with van der Waals surface area (Å²) < 4.78 is 4.96. The van der Waals surface area contributed by atoms with Gasteiger partial charge in [0, 0.05) is 11.6 Å². The van der Waals surface area contributed by atoms with Gasteiger partial charge in [0.1, 0.15) is 0 Å². The van der Waals surface area contributed by atoms with Crippen molar-refractivity contribution < 1.29 is 4.42 Å². The van der Waals surface area contributed by atoms with Gasteiger partial charge in [0.05, 0.1) is 0 Å². The SMILES string of the molecule is Nc1nnc(NCCc2ccc(Cl)cc2)o1. The number of nitrogens with zero attached hydrogens (tertiary/aromatic N) is 2. The van der Waals surface area contributed by atoms with Crippen LogP contribution in [0.3, 0.4) is 0 Å². The van der Waals surface area contributed by atoms with E-state index in [4.69, 9.17) is 21.8 Å². The van der Waals surface area contributed by atoms with E-state index in [2.05, 4.69) is 15.5 Å². The van der Waals surface area contributed by atoms with E-state index in [0.717, 1.165) is 11.4 Å². The Kier molecular flexibility index (Phi) is 3.26. The number of hydrogen-bond donors (Lipinski definition) is 2. The molecule has 0 amide bonds. The van der Waals surface area contributed by atoms with E-state index >= 15 is 0 Å². The number of hydrogen-bond acceptors (Lipinski definition) is 5. The van der Waals surface area contributed by atoms with Crippen molar-refractivity contribution in [1.29, 1.82) is 0 Å². The molecule has 0 saturated heterocycles. The fourth-order valence-corrected chi connectivity index (χ4v) is 1.40. The van der Waals surface area contributed by atoms with Crippen molar-refractivity contribution in [3.63, 3.8) is 0 Å². The van der Waals surface area contributed by atoms with E-state index in [1.165, 1.54) is 5.56 Å². The molecule has 0 fully saturated rings. The first-order valence-corrected chi connectivity index (χ1v) is 5.19. The third kappa shape index (κ3) is 2.87. The summed E-state index contributed by atoms with van der Waals surface area (Å²) in [7, 11) is 0. The minimum absolute atomic E-state index is 0.0639. The molecule has 0 saturated carbocycles. The van der Waals surface area contributed by atoms with Crippen LogP contribution in [0.15, 0.2) is 28.7 Å². The Morgan fingerprint density at radius 2 is 2.00 bits per heavy atom. The van der Waals surface area contributed by atoms with E-state index < -0.39 is 0 Å². The summed E-state index contributed by atoms with van der Waals surface area (Å²) in [4.78, 5) is 0. The highest BCUT2D eigenvalue weighted by Crippen LogP contribution is 2.10. The monoisotopic (exact) mass is 238 g/mol. The highest BCUT2D eigenvalue weighted by Gasteiger charge is 2.00. The minimum atomic E-state index is 0.0639. The van der Waals surface area contributed by atoms with Crippen molar-refractivity contribution in [2.45, 2.75) is 6.42 Å². The Morgan fingerprint density at radius 1 is 1.25 bits per heavy atom. The van der Waals surface area contributed by atoms with Gasteiger partial charge in [-0.25, -0.2) is 0 Å². The van der Waals surface area contributed by atoms with Gasteiger partial charge in [0.25, 0.3) is 0 Å². The van der Waals surface area contributed by atoms with Crippen molar-refractivity contribution >= 4 is 23.6 Å². The molecule has 1 heterocycles. The standard InChI is InChI=1S/C10H11ClN4O/c11-8-3-1-7(2-4-8)5-6-13-10-15-14-9(12)16-10/h1-4H,5-6H2,(H2,12,14)(H,13,15). The van der Waals surface area contributed by atoms with Crippen LogP contribution in [0, 0.1) is 0 Å². The fraction of sp³-hybridized carbons (Fsp3) is 0.200. The summed E-state index contributed by atoms with van der Waals surface area (Å²) >= 11 is 5.78. The Hall–Kier alpha value is -1.75. The van der Waals surface area contributed by atoms with E-state index in [1.807, 2.05) is 24.3 Å². The molecule has 0 atom stereocenters. The molecule has 3 N–H and O–H groups in total. The summed E-state index contributed by atoms with van der Waals surface area (Å²) in [6.07, 6.45) is 0.847. The highest BCUT2D eigenvalue weighted by atomic mass is 35.5. The number of nitrogens with one attached hydrogen (secondary N) is 1.